The van der Waals surface area contributed by atoms with E-state index in [2.05, 4.69) is 268 Å². The topological polar surface area (TPSA) is 6.48 Å². The number of hydrogen-bond donors (Lipinski definition) is 0. The van der Waals surface area contributed by atoms with Crippen LogP contribution in [0.3, 0.4) is 0 Å². The zero-order chi connectivity index (χ0) is 46.2. The average molecular weight is 881 g/mol. The van der Waals surface area contributed by atoms with Crippen LogP contribution in [0.4, 0.5) is 34.1 Å². The van der Waals surface area contributed by atoms with E-state index < -0.39 is 0 Å². The monoisotopic (exact) mass is 880 g/mol. The summed E-state index contributed by atoms with van der Waals surface area (Å²) < 4.78 is 0. The van der Waals surface area contributed by atoms with Crippen molar-refractivity contribution >= 4 is 34.1 Å². The van der Waals surface area contributed by atoms with E-state index in [1.165, 1.54) is 80.6 Å². The first kappa shape index (κ1) is 43.2. The molecule has 2 aliphatic carbocycles. The summed E-state index contributed by atoms with van der Waals surface area (Å²) >= 11 is 0. The van der Waals surface area contributed by atoms with Crippen molar-refractivity contribution in [3.8, 4) is 33.4 Å². The van der Waals surface area contributed by atoms with Crippen LogP contribution in [0.2, 0.25) is 0 Å². The SMILES string of the molecule is CC(C)C1CCCCC1(c1ccc(N(c2ccccc2)c2ccc3c(c2)C(C)(C)c2cccc(-c4ccccc4)c2-3)cc1)c1ccc(N(c2ccccc2)c2ccccc2-c2ccccc2)cc1. The Hall–Kier alpha value is -7.42. The summed E-state index contributed by atoms with van der Waals surface area (Å²) in [7, 11) is 0. The molecule has 0 N–H and O–H groups in total. The maximum absolute atomic E-state index is 2.46. The van der Waals surface area contributed by atoms with Crippen molar-refractivity contribution in [1.82, 2.24) is 0 Å². The van der Waals surface area contributed by atoms with Gasteiger partial charge in [0, 0.05) is 44.8 Å². The van der Waals surface area contributed by atoms with Crippen LogP contribution in [-0.2, 0) is 10.8 Å². The van der Waals surface area contributed by atoms with Crippen molar-refractivity contribution in [2.45, 2.75) is 64.2 Å². The lowest BCUT2D eigenvalue weighted by Gasteiger charge is -2.48. The lowest BCUT2D eigenvalue weighted by Crippen LogP contribution is -2.42. The molecule has 0 aromatic heterocycles. The third-order valence-electron chi connectivity index (χ3n) is 15.3. The number of hydrogen-bond acceptors (Lipinski definition) is 2. The second-order valence-electron chi connectivity index (χ2n) is 19.8. The number of anilines is 6. The molecule has 9 aromatic carbocycles. The highest BCUT2D eigenvalue weighted by atomic mass is 15.1. The van der Waals surface area contributed by atoms with E-state index in [1.54, 1.807) is 0 Å². The Labute approximate surface area is 404 Å². The largest absolute Gasteiger partial charge is 0.310 e. The summed E-state index contributed by atoms with van der Waals surface area (Å²) in [6, 6.07) is 85.5. The van der Waals surface area contributed by atoms with E-state index in [-0.39, 0.29) is 10.8 Å². The lowest BCUT2D eigenvalue weighted by atomic mass is 9.56. The fraction of sp³-hybridized carbons (Fsp3) is 0.182. The van der Waals surface area contributed by atoms with Crippen molar-refractivity contribution in [3.05, 3.63) is 253 Å². The van der Waals surface area contributed by atoms with Gasteiger partial charge in [0.1, 0.15) is 0 Å². The van der Waals surface area contributed by atoms with Gasteiger partial charge in [-0.25, -0.2) is 0 Å². The molecule has 1 saturated carbocycles. The molecule has 2 heteroatoms. The summed E-state index contributed by atoms with van der Waals surface area (Å²) in [4.78, 5) is 4.88. The molecule has 334 valence electrons. The van der Waals surface area contributed by atoms with Crippen LogP contribution in [0.25, 0.3) is 33.4 Å². The van der Waals surface area contributed by atoms with Crippen LogP contribution in [0.1, 0.15) is 75.6 Å². The summed E-state index contributed by atoms with van der Waals surface area (Å²) in [6.45, 7) is 9.67. The minimum atomic E-state index is -0.157. The van der Waals surface area contributed by atoms with E-state index in [4.69, 9.17) is 0 Å². The molecular formula is C66H60N2. The van der Waals surface area contributed by atoms with Gasteiger partial charge >= 0.3 is 0 Å². The Kier molecular flexibility index (Phi) is 11.4. The Bertz CT molecular complexity index is 3160. The third kappa shape index (κ3) is 7.53. The van der Waals surface area contributed by atoms with Crippen molar-refractivity contribution in [2.75, 3.05) is 9.80 Å². The zero-order valence-corrected chi connectivity index (χ0v) is 39.8. The molecule has 0 aliphatic heterocycles. The van der Waals surface area contributed by atoms with Gasteiger partial charge in [-0.15, -0.1) is 0 Å². The highest BCUT2D eigenvalue weighted by Crippen LogP contribution is 2.55. The first-order chi connectivity index (χ1) is 33.3. The minimum absolute atomic E-state index is 0.125. The van der Waals surface area contributed by atoms with Gasteiger partial charge in [0.05, 0.1) is 5.69 Å². The minimum Gasteiger partial charge on any atom is -0.310 e. The summed E-state index contributed by atoms with van der Waals surface area (Å²) in [5.41, 5.74) is 19.9. The standard InChI is InChI=1S/C66H60N2/c1-47(2)60-32-19-20-45-66(60,51-37-41-55(42-38-51)68(53-28-15-8-16-29-53)63-34-18-17-30-57(63)48-22-9-5-10-23-48)50-35-39-54(40-36-50)67(52-26-13-7-14-27-52)56-43-44-59-62(46-56)65(3,4)61-33-21-31-58(64(59)61)49-24-11-6-12-25-49/h5-18,21-31,33-44,46-47,60H,19-20,32,45H2,1-4H3. The Morgan fingerprint density at radius 3 is 1.50 bits per heavy atom. The molecule has 0 saturated heterocycles. The van der Waals surface area contributed by atoms with Gasteiger partial charge in [0.25, 0.3) is 0 Å². The van der Waals surface area contributed by atoms with Crippen molar-refractivity contribution in [1.29, 1.82) is 0 Å². The van der Waals surface area contributed by atoms with Gasteiger partial charge in [-0.05, 0) is 141 Å². The van der Waals surface area contributed by atoms with E-state index in [1.807, 2.05) is 0 Å². The van der Waals surface area contributed by atoms with Gasteiger partial charge in [-0.3, -0.25) is 0 Å². The smallest absolute Gasteiger partial charge is 0.0540 e. The molecule has 2 atom stereocenters. The van der Waals surface area contributed by atoms with E-state index in [9.17, 15) is 0 Å². The van der Waals surface area contributed by atoms with E-state index >= 15 is 0 Å². The van der Waals surface area contributed by atoms with Crippen molar-refractivity contribution in [3.63, 3.8) is 0 Å². The molecule has 0 bridgehead atoms. The highest BCUT2D eigenvalue weighted by molar-refractivity contribution is 5.94. The van der Waals surface area contributed by atoms with Gasteiger partial charge in [-0.1, -0.05) is 204 Å². The summed E-state index contributed by atoms with van der Waals surface area (Å²) in [5, 5.41) is 0. The predicted molar refractivity (Wildman–Crippen MR) is 288 cm³/mol. The van der Waals surface area contributed by atoms with Crippen LogP contribution in [0.5, 0.6) is 0 Å². The number of para-hydroxylation sites is 3. The molecule has 1 fully saturated rings. The molecule has 2 nitrogen and oxygen atoms in total. The third-order valence-corrected chi connectivity index (χ3v) is 15.3. The first-order valence-electron chi connectivity index (χ1n) is 24.7. The highest BCUT2D eigenvalue weighted by Gasteiger charge is 2.45. The van der Waals surface area contributed by atoms with Crippen LogP contribution in [0.15, 0.2) is 231 Å². The van der Waals surface area contributed by atoms with Crippen LogP contribution in [-0.4, -0.2) is 0 Å². The molecule has 2 aliphatic rings. The molecule has 0 spiro atoms. The Balaban J connectivity index is 0.995. The molecular weight excluding hydrogens is 821 g/mol. The second kappa shape index (κ2) is 18.0. The second-order valence-corrected chi connectivity index (χ2v) is 19.8. The molecule has 11 rings (SSSR count). The molecule has 9 aromatic rings. The van der Waals surface area contributed by atoms with E-state index in [0.29, 0.717) is 11.8 Å². The van der Waals surface area contributed by atoms with E-state index in [0.717, 1.165) is 34.9 Å². The summed E-state index contributed by atoms with van der Waals surface area (Å²) in [5.74, 6) is 1.03. The zero-order valence-electron chi connectivity index (χ0n) is 39.8. The quantitative estimate of drug-likeness (QED) is 0.128. The Morgan fingerprint density at radius 1 is 0.412 bits per heavy atom. The van der Waals surface area contributed by atoms with Crippen LogP contribution >= 0.6 is 0 Å². The van der Waals surface area contributed by atoms with Crippen molar-refractivity contribution < 1.29 is 0 Å². The lowest BCUT2D eigenvalue weighted by molar-refractivity contribution is 0.170. The van der Waals surface area contributed by atoms with Gasteiger partial charge in [0.2, 0.25) is 0 Å². The normalized spacial score (nSPS) is 17.0. The molecule has 2 unspecified atom stereocenters. The predicted octanol–water partition coefficient (Wildman–Crippen LogP) is 18.4. The van der Waals surface area contributed by atoms with Crippen LogP contribution in [0, 0.1) is 11.8 Å². The number of nitrogens with zero attached hydrogens (tertiary/aromatic N) is 2. The van der Waals surface area contributed by atoms with Gasteiger partial charge in [-0.2, -0.15) is 0 Å². The molecule has 0 amide bonds. The molecule has 0 radical (unpaired) electrons. The van der Waals surface area contributed by atoms with Gasteiger partial charge < -0.3 is 9.80 Å². The Morgan fingerprint density at radius 2 is 0.897 bits per heavy atom. The maximum Gasteiger partial charge on any atom is 0.0540 e. The van der Waals surface area contributed by atoms with Crippen molar-refractivity contribution in [2.24, 2.45) is 11.8 Å². The molecule has 68 heavy (non-hydrogen) atoms. The fourth-order valence-electron chi connectivity index (χ4n) is 12.1. The van der Waals surface area contributed by atoms with Crippen LogP contribution < -0.4 is 9.80 Å². The number of rotatable bonds is 11. The van der Waals surface area contributed by atoms with Gasteiger partial charge in [0.15, 0.2) is 0 Å². The first-order valence-corrected chi connectivity index (χ1v) is 24.7. The average Bonchev–Trinajstić information content (AvgIpc) is 3.63. The number of benzene rings is 9. The fourth-order valence-corrected chi connectivity index (χ4v) is 12.1. The molecule has 0 heterocycles. The summed E-state index contributed by atoms with van der Waals surface area (Å²) in [6.07, 6.45) is 4.83. The maximum atomic E-state index is 2.46. The number of fused-ring (bicyclic) bond motifs is 3.